The minimum atomic E-state index is -2.32. The van der Waals surface area contributed by atoms with Crippen molar-refractivity contribution in [2.75, 3.05) is 0 Å². The molecule has 0 spiro atoms. The Morgan fingerprint density at radius 1 is 1.24 bits per heavy atom. The van der Waals surface area contributed by atoms with Gasteiger partial charge in [-0.1, -0.05) is 31.5 Å². The predicted molar refractivity (Wildman–Crippen MR) is 117 cm³/mol. The summed E-state index contributed by atoms with van der Waals surface area (Å²) in [6.07, 6.45) is 0.995. The second-order valence-corrected chi connectivity index (χ2v) is 12.1. The molecule has 182 valence electrons. The van der Waals surface area contributed by atoms with E-state index in [9.17, 15) is 19.1 Å². The van der Waals surface area contributed by atoms with Crippen LogP contribution < -0.4 is 0 Å². The van der Waals surface area contributed by atoms with Crippen molar-refractivity contribution in [2.45, 2.75) is 87.2 Å². The molecule has 1 heterocycles. The summed E-state index contributed by atoms with van der Waals surface area (Å²) >= 11 is 13.0. The summed E-state index contributed by atoms with van der Waals surface area (Å²) in [5.74, 6) is -3.44. The number of hydrogen-bond acceptors (Lipinski definition) is 5. The minimum Gasteiger partial charge on any atom is -0.391 e. The summed E-state index contributed by atoms with van der Waals surface area (Å²) in [6, 6.07) is 0. The molecule has 0 aromatic carbocycles. The van der Waals surface area contributed by atoms with Crippen LogP contribution in [0.4, 0.5) is 8.78 Å². The van der Waals surface area contributed by atoms with E-state index >= 15 is 4.39 Å². The SMILES string of the molecule is CC1(C)O[C@@H]2C[C@H]3[C@@H]4C[C@H](F)C5=CC(=O)C=C[C@]5(C)[C@@]4(Cl)[C@@H](O)C[C@]3(C)[C@]2(C(=O)C(F)Cl)O1. The summed E-state index contributed by atoms with van der Waals surface area (Å²) in [6.45, 7) is 6.79. The number of aliphatic hydroxyl groups excluding tert-OH is 1. The standard InChI is InChI=1S/C24H28Cl2F2O5/c1-20(2)32-17-9-12-13-8-15(27)14-7-11(29)5-6-21(14,3)23(13,26)16(30)10-22(12,4)24(17,33-20)18(31)19(25)28/h5-7,12-13,15-17,19,30H,8-10H2,1-4H3/t12-,13-,15-,16-,17+,19?,21-,22-,23-,24-/m0/s1. The molecule has 5 nitrogen and oxygen atoms in total. The van der Waals surface area contributed by atoms with Crippen LogP contribution in [0.2, 0.25) is 0 Å². The first-order chi connectivity index (χ1) is 15.1. The molecule has 33 heavy (non-hydrogen) atoms. The molecule has 0 aromatic rings. The number of rotatable bonds is 2. The van der Waals surface area contributed by atoms with Crippen molar-refractivity contribution >= 4 is 34.8 Å². The fourth-order valence-electron chi connectivity index (χ4n) is 7.90. The van der Waals surface area contributed by atoms with Gasteiger partial charge in [-0.2, -0.15) is 0 Å². The average Bonchev–Trinajstić information content (AvgIpc) is 3.11. The van der Waals surface area contributed by atoms with Crippen LogP contribution in [0.1, 0.15) is 47.0 Å². The van der Waals surface area contributed by atoms with Crippen molar-refractivity contribution in [1.29, 1.82) is 0 Å². The van der Waals surface area contributed by atoms with Gasteiger partial charge in [0.25, 0.3) is 0 Å². The molecule has 1 saturated heterocycles. The van der Waals surface area contributed by atoms with Crippen molar-refractivity contribution in [2.24, 2.45) is 22.7 Å². The van der Waals surface area contributed by atoms with Gasteiger partial charge in [-0.3, -0.25) is 9.59 Å². The maximum atomic E-state index is 15.6. The van der Waals surface area contributed by atoms with Crippen LogP contribution in [0.3, 0.4) is 0 Å². The van der Waals surface area contributed by atoms with E-state index in [0.717, 1.165) is 0 Å². The van der Waals surface area contributed by atoms with Crippen LogP contribution in [0, 0.1) is 22.7 Å². The molecule has 0 aromatic heterocycles. The Hall–Kier alpha value is -0.860. The third-order valence-corrected chi connectivity index (χ3v) is 10.3. The maximum Gasteiger partial charge on any atom is 0.234 e. The number of Topliss-reactive ketones (excluding diaryl/α,β-unsaturated/α-hetero) is 1. The van der Waals surface area contributed by atoms with Crippen LogP contribution in [-0.4, -0.2) is 56.9 Å². The highest BCUT2D eigenvalue weighted by atomic mass is 35.5. The van der Waals surface area contributed by atoms with Crippen LogP contribution in [0.15, 0.2) is 23.8 Å². The summed E-state index contributed by atoms with van der Waals surface area (Å²) in [5.41, 5.74) is -6.01. The van der Waals surface area contributed by atoms with E-state index in [4.69, 9.17) is 32.7 Å². The third kappa shape index (κ3) is 2.69. The van der Waals surface area contributed by atoms with E-state index in [0.29, 0.717) is 0 Å². The quantitative estimate of drug-likeness (QED) is 0.571. The van der Waals surface area contributed by atoms with Gasteiger partial charge in [-0.15, -0.1) is 11.6 Å². The second kappa shape index (κ2) is 6.88. The first-order valence-electron chi connectivity index (χ1n) is 11.3. The zero-order chi connectivity index (χ0) is 24.4. The normalized spacial score (nSPS) is 52.9. The Morgan fingerprint density at radius 2 is 1.91 bits per heavy atom. The number of allylic oxidation sites excluding steroid dienone is 4. The second-order valence-electron chi connectivity index (χ2n) is 11.1. The van der Waals surface area contributed by atoms with Crippen molar-refractivity contribution < 1.29 is 33.0 Å². The zero-order valence-corrected chi connectivity index (χ0v) is 20.4. The first-order valence-corrected chi connectivity index (χ1v) is 12.1. The van der Waals surface area contributed by atoms with E-state index in [1.807, 2.05) is 0 Å². The molecule has 0 radical (unpaired) electrons. The lowest BCUT2D eigenvalue weighted by Gasteiger charge is -2.64. The molecule has 10 atom stereocenters. The molecule has 5 aliphatic rings. The number of ether oxygens (including phenoxy) is 2. The van der Waals surface area contributed by atoms with Gasteiger partial charge in [-0.25, -0.2) is 8.78 Å². The Labute approximate surface area is 201 Å². The average molecular weight is 505 g/mol. The molecule has 1 unspecified atom stereocenters. The lowest BCUT2D eigenvalue weighted by atomic mass is 9.45. The van der Waals surface area contributed by atoms with Gasteiger partial charge in [0.15, 0.2) is 17.2 Å². The van der Waals surface area contributed by atoms with Gasteiger partial charge < -0.3 is 14.6 Å². The largest absolute Gasteiger partial charge is 0.391 e. The molecule has 3 saturated carbocycles. The lowest BCUT2D eigenvalue weighted by molar-refractivity contribution is -0.223. The summed E-state index contributed by atoms with van der Waals surface area (Å²) in [5, 5.41) is 11.6. The van der Waals surface area contributed by atoms with E-state index < -0.39 is 68.7 Å². The van der Waals surface area contributed by atoms with Crippen LogP contribution in [0.25, 0.3) is 0 Å². The summed E-state index contributed by atoms with van der Waals surface area (Å²) in [4.78, 5) is 23.9. The smallest absolute Gasteiger partial charge is 0.234 e. The van der Waals surface area contributed by atoms with Crippen molar-refractivity contribution in [3.05, 3.63) is 23.8 Å². The van der Waals surface area contributed by atoms with Gasteiger partial charge in [-0.05, 0) is 62.7 Å². The highest BCUT2D eigenvalue weighted by molar-refractivity contribution is 6.31. The van der Waals surface area contributed by atoms with Crippen molar-refractivity contribution in [3.8, 4) is 0 Å². The topological polar surface area (TPSA) is 72.8 Å². The molecule has 5 rings (SSSR count). The highest BCUT2D eigenvalue weighted by Crippen LogP contribution is 2.73. The van der Waals surface area contributed by atoms with Crippen LogP contribution in [-0.2, 0) is 19.1 Å². The summed E-state index contributed by atoms with van der Waals surface area (Å²) in [7, 11) is 0. The number of halogens is 4. The fourth-order valence-corrected chi connectivity index (χ4v) is 8.55. The summed E-state index contributed by atoms with van der Waals surface area (Å²) < 4.78 is 42.2. The van der Waals surface area contributed by atoms with E-state index in [1.165, 1.54) is 12.2 Å². The monoisotopic (exact) mass is 504 g/mol. The molecular weight excluding hydrogens is 477 g/mol. The number of fused-ring (bicyclic) bond motifs is 7. The number of carbonyl (C=O) groups excluding carboxylic acids is 2. The number of hydrogen-bond donors (Lipinski definition) is 1. The first kappa shape index (κ1) is 23.9. The number of aliphatic hydroxyl groups is 1. The molecule has 1 aliphatic heterocycles. The van der Waals surface area contributed by atoms with Crippen LogP contribution >= 0.6 is 23.2 Å². The lowest BCUT2D eigenvalue weighted by Crippen LogP contribution is -2.70. The van der Waals surface area contributed by atoms with Crippen LogP contribution in [0.5, 0.6) is 0 Å². The van der Waals surface area contributed by atoms with E-state index in [-0.39, 0.29) is 30.6 Å². The third-order valence-electron chi connectivity index (χ3n) is 9.19. The van der Waals surface area contributed by atoms with Gasteiger partial charge >= 0.3 is 0 Å². The van der Waals surface area contributed by atoms with Gasteiger partial charge in [0.2, 0.25) is 11.4 Å². The Bertz CT molecular complexity index is 997. The Kier molecular flexibility index (Phi) is 4.97. The molecule has 1 N–H and O–H groups in total. The Balaban J connectivity index is 1.67. The molecular formula is C24H28Cl2F2O5. The maximum absolute atomic E-state index is 15.6. The van der Waals surface area contributed by atoms with Gasteiger partial charge in [0, 0.05) is 10.8 Å². The molecule has 0 amide bonds. The van der Waals surface area contributed by atoms with E-state index in [2.05, 4.69) is 0 Å². The molecule has 0 bridgehead atoms. The fraction of sp³-hybridized carbons (Fsp3) is 0.750. The molecule has 9 heteroatoms. The number of ketones is 2. The molecule has 4 aliphatic carbocycles. The van der Waals surface area contributed by atoms with Gasteiger partial charge in [0.05, 0.1) is 17.1 Å². The minimum absolute atomic E-state index is 0.00453. The highest BCUT2D eigenvalue weighted by Gasteiger charge is 2.80. The Morgan fingerprint density at radius 3 is 2.55 bits per heavy atom. The van der Waals surface area contributed by atoms with Gasteiger partial charge in [0.1, 0.15) is 6.17 Å². The number of alkyl halides is 4. The zero-order valence-electron chi connectivity index (χ0n) is 18.9. The van der Waals surface area contributed by atoms with E-state index in [1.54, 1.807) is 33.8 Å². The molecule has 4 fully saturated rings. The number of carbonyl (C=O) groups is 2. The van der Waals surface area contributed by atoms with Crippen molar-refractivity contribution in [3.63, 3.8) is 0 Å². The predicted octanol–water partition coefficient (Wildman–Crippen LogP) is 4.18. The van der Waals surface area contributed by atoms with Crippen molar-refractivity contribution in [1.82, 2.24) is 0 Å².